The number of halogens is 1. The number of carbonyl (C=O) groups is 1. The van der Waals surface area contributed by atoms with Crippen molar-refractivity contribution in [3.05, 3.63) is 41.7 Å². The van der Waals surface area contributed by atoms with Gasteiger partial charge in [0, 0.05) is 24.6 Å². The van der Waals surface area contributed by atoms with Crippen LogP contribution in [0.2, 0.25) is 0 Å². The number of hydrogen-bond acceptors (Lipinski definition) is 3. The Morgan fingerprint density at radius 3 is 2.90 bits per heavy atom. The first kappa shape index (κ1) is 13.3. The van der Waals surface area contributed by atoms with E-state index in [4.69, 9.17) is 10.5 Å². The van der Waals surface area contributed by atoms with E-state index in [-0.39, 0.29) is 29.9 Å². The van der Waals surface area contributed by atoms with Crippen LogP contribution < -0.4 is 11.1 Å². The van der Waals surface area contributed by atoms with E-state index in [1.54, 1.807) is 18.2 Å². The molecule has 5 heteroatoms. The monoisotopic (exact) mass is 276 g/mol. The Labute approximate surface area is 116 Å². The van der Waals surface area contributed by atoms with Crippen LogP contribution in [-0.4, -0.2) is 30.7 Å². The third-order valence-electron chi connectivity index (χ3n) is 4.05. The number of rotatable bonds is 3. The molecule has 1 aromatic carbocycles. The fourth-order valence-corrected chi connectivity index (χ4v) is 2.89. The van der Waals surface area contributed by atoms with Crippen molar-refractivity contribution in [2.75, 3.05) is 6.61 Å². The average Bonchev–Trinajstić information content (AvgIpc) is 2.89. The van der Waals surface area contributed by atoms with Crippen LogP contribution in [0.15, 0.2) is 30.3 Å². The van der Waals surface area contributed by atoms with Crippen molar-refractivity contribution < 1.29 is 13.9 Å². The van der Waals surface area contributed by atoms with Crippen LogP contribution in [0.4, 0.5) is 4.39 Å². The van der Waals surface area contributed by atoms with E-state index in [1.807, 2.05) is 0 Å². The minimum Gasteiger partial charge on any atom is -0.376 e. The van der Waals surface area contributed by atoms with Gasteiger partial charge in [-0.2, -0.15) is 0 Å². The molecule has 1 heterocycles. The van der Waals surface area contributed by atoms with E-state index in [9.17, 15) is 9.18 Å². The molecule has 4 unspecified atom stereocenters. The minimum atomic E-state index is -0.295. The fourth-order valence-electron chi connectivity index (χ4n) is 2.89. The van der Waals surface area contributed by atoms with Gasteiger partial charge < -0.3 is 15.8 Å². The van der Waals surface area contributed by atoms with Gasteiger partial charge in [-0.1, -0.05) is 12.1 Å². The van der Waals surface area contributed by atoms with Gasteiger partial charge in [0.1, 0.15) is 5.82 Å². The molecule has 1 saturated carbocycles. The second kappa shape index (κ2) is 5.34. The first-order valence-corrected chi connectivity index (χ1v) is 6.76. The van der Waals surface area contributed by atoms with Gasteiger partial charge in [0.2, 0.25) is 5.91 Å². The first-order valence-electron chi connectivity index (χ1n) is 6.76. The molecule has 1 aromatic rings. The van der Waals surface area contributed by atoms with Crippen LogP contribution in [0.5, 0.6) is 0 Å². The maximum Gasteiger partial charge on any atom is 0.244 e. The van der Waals surface area contributed by atoms with Gasteiger partial charge in [0.25, 0.3) is 0 Å². The summed E-state index contributed by atoms with van der Waals surface area (Å²) < 4.78 is 18.3. The highest BCUT2D eigenvalue weighted by Gasteiger charge is 2.52. The van der Waals surface area contributed by atoms with Gasteiger partial charge in [-0.15, -0.1) is 0 Å². The second-order valence-corrected chi connectivity index (χ2v) is 5.28. The zero-order valence-corrected chi connectivity index (χ0v) is 11.0. The Hall–Kier alpha value is -1.72. The normalized spacial score (nSPS) is 31.9. The molecule has 1 amide bonds. The number of fused-ring (bicyclic) bond motifs is 1. The van der Waals surface area contributed by atoms with E-state index >= 15 is 0 Å². The molecule has 20 heavy (non-hydrogen) atoms. The van der Waals surface area contributed by atoms with Gasteiger partial charge in [-0.25, -0.2) is 4.39 Å². The molecule has 2 fully saturated rings. The molecule has 0 radical (unpaired) electrons. The fraction of sp³-hybridized carbons (Fsp3) is 0.400. The number of nitrogens with one attached hydrogen (secondary N) is 1. The number of carbonyl (C=O) groups excluding carboxylic acids is 1. The maximum atomic E-state index is 12.7. The summed E-state index contributed by atoms with van der Waals surface area (Å²) in [4.78, 5) is 11.8. The van der Waals surface area contributed by atoms with Gasteiger partial charge >= 0.3 is 0 Å². The quantitative estimate of drug-likeness (QED) is 0.812. The standard InChI is InChI=1S/C15H17FN2O2/c16-10-4-1-9(2-5-10)3-6-12(19)18-14-13(17)11-7-8-20-15(11)14/h1-6,11,13-15H,7-8,17H2,(H,18,19). The van der Waals surface area contributed by atoms with Crippen LogP contribution in [-0.2, 0) is 9.53 Å². The highest BCUT2D eigenvalue weighted by atomic mass is 19.1. The van der Waals surface area contributed by atoms with E-state index in [0.717, 1.165) is 18.6 Å². The zero-order chi connectivity index (χ0) is 14.1. The number of nitrogens with two attached hydrogens (primary N) is 1. The lowest BCUT2D eigenvalue weighted by Gasteiger charge is -2.45. The van der Waals surface area contributed by atoms with Crippen LogP contribution in [0.1, 0.15) is 12.0 Å². The van der Waals surface area contributed by atoms with Crippen molar-refractivity contribution in [2.24, 2.45) is 11.7 Å². The van der Waals surface area contributed by atoms with Crippen molar-refractivity contribution in [3.8, 4) is 0 Å². The molecule has 0 bridgehead atoms. The molecule has 1 aliphatic heterocycles. The van der Waals surface area contributed by atoms with Crippen molar-refractivity contribution in [2.45, 2.75) is 24.6 Å². The molecule has 3 rings (SSSR count). The lowest BCUT2D eigenvalue weighted by molar-refractivity contribution is -0.120. The first-order chi connectivity index (χ1) is 9.65. The van der Waals surface area contributed by atoms with Crippen LogP contribution in [0.3, 0.4) is 0 Å². The summed E-state index contributed by atoms with van der Waals surface area (Å²) in [5, 5.41) is 2.87. The molecule has 1 aliphatic carbocycles. The lowest BCUT2D eigenvalue weighted by atomic mass is 9.72. The largest absolute Gasteiger partial charge is 0.376 e. The molecule has 3 N–H and O–H groups in total. The van der Waals surface area contributed by atoms with Crippen LogP contribution >= 0.6 is 0 Å². The maximum absolute atomic E-state index is 12.7. The summed E-state index contributed by atoms with van der Waals surface area (Å²) in [5.41, 5.74) is 6.79. The number of hydrogen-bond donors (Lipinski definition) is 2. The Morgan fingerprint density at radius 2 is 2.15 bits per heavy atom. The van der Waals surface area contributed by atoms with Crippen molar-refractivity contribution in [3.63, 3.8) is 0 Å². The molecule has 4 nitrogen and oxygen atoms in total. The van der Waals surface area contributed by atoms with Crippen molar-refractivity contribution >= 4 is 12.0 Å². The summed E-state index contributed by atoms with van der Waals surface area (Å²) in [6.07, 6.45) is 4.12. The van der Waals surface area contributed by atoms with E-state index in [0.29, 0.717) is 5.92 Å². The van der Waals surface area contributed by atoms with Crippen LogP contribution in [0.25, 0.3) is 6.08 Å². The van der Waals surface area contributed by atoms with Crippen molar-refractivity contribution in [1.82, 2.24) is 5.32 Å². The van der Waals surface area contributed by atoms with E-state index < -0.39 is 0 Å². The average molecular weight is 276 g/mol. The SMILES string of the molecule is NC1C2CCOC2C1NC(=O)C=Cc1ccc(F)cc1. The third kappa shape index (κ3) is 2.46. The highest BCUT2D eigenvalue weighted by molar-refractivity contribution is 5.92. The number of amides is 1. The Kier molecular flexibility index (Phi) is 3.54. The van der Waals surface area contributed by atoms with E-state index in [1.165, 1.54) is 18.2 Å². The molecule has 4 atom stereocenters. The Balaban J connectivity index is 1.56. The summed E-state index contributed by atoms with van der Waals surface area (Å²) >= 11 is 0. The highest BCUT2D eigenvalue weighted by Crippen LogP contribution is 2.37. The summed E-state index contributed by atoms with van der Waals surface area (Å²) in [6.45, 7) is 0.723. The van der Waals surface area contributed by atoms with Gasteiger partial charge in [-0.3, -0.25) is 4.79 Å². The molecular formula is C15H17FN2O2. The summed E-state index contributed by atoms with van der Waals surface area (Å²) in [5.74, 6) is -0.124. The number of benzene rings is 1. The topological polar surface area (TPSA) is 64.3 Å². The van der Waals surface area contributed by atoms with E-state index in [2.05, 4.69) is 5.32 Å². The summed E-state index contributed by atoms with van der Waals surface area (Å²) in [7, 11) is 0. The van der Waals surface area contributed by atoms with Crippen molar-refractivity contribution in [1.29, 1.82) is 0 Å². The summed E-state index contributed by atoms with van der Waals surface area (Å²) in [6, 6.07) is 5.82. The van der Waals surface area contributed by atoms with Gasteiger partial charge in [0.05, 0.1) is 12.1 Å². The Morgan fingerprint density at radius 1 is 1.40 bits per heavy atom. The third-order valence-corrected chi connectivity index (χ3v) is 4.05. The predicted octanol–water partition coefficient (Wildman–Crippen LogP) is 1.07. The minimum absolute atomic E-state index is 0.0225. The zero-order valence-electron chi connectivity index (χ0n) is 11.0. The predicted molar refractivity (Wildman–Crippen MR) is 73.2 cm³/mol. The Bertz CT molecular complexity index is 529. The smallest absolute Gasteiger partial charge is 0.244 e. The molecule has 2 aliphatic rings. The molecule has 0 aromatic heterocycles. The molecule has 106 valence electrons. The lowest BCUT2D eigenvalue weighted by Crippen LogP contribution is -2.68. The van der Waals surface area contributed by atoms with Gasteiger partial charge in [0.15, 0.2) is 0 Å². The molecular weight excluding hydrogens is 259 g/mol. The molecule has 1 saturated heterocycles. The second-order valence-electron chi connectivity index (χ2n) is 5.28. The number of ether oxygens (including phenoxy) is 1. The van der Waals surface area contributed by atoms with Crippen LogP contribution in [0, 0.1) is 11.7 Å². The van der Waals surface area contributed by atoms with Gasteiger partial charge in [-0.05, 0) is 30.2 Å². The molecule has 0 spiro atoms.